The van der Waals surface area contributed by atoms with Crippen molar-refractivity contribution in [2.45, 2.75) is 13.3 Å². The number of hydrogen-bond acceptors (Lipinski definition) is 6. The molecule has 2 aromatic heterocycles. The summed E-state index contributed by atoms with van der Waals surface area (Å²) in [5, 5.41) is 15.8. The van der Waals surface area contributed by atoms with Crippen molar-refractivity contribution in [2.75, 3.05) is 5.32 Å². The van der Waals surface area contributed by atoms with Gasteiger partial charge in [0.25, 0.3) is 5.91 Å². The molecule has 0 aromatic carbocycles. The van der Waals surface area contributed by atoms with Crippen molar-refractivity contribution in [3.05, 3.63) is 27.6 Å². The highest BCUT2D eigenvalue weighted by molar-refractivity contribution is 7.18. The van der Waals surface area contributed by atoms with Gasteiger partial charge in [-0.3, -0.25) is 4.79 Å². The van der Waals surface area contributed by atoms with Gasteiger partial charge in [-0.25, -0.2) is 4.79 Å². The molecule has 0 radical (unpaired) electrons. The Kier molecular flexibility index (Phi) is 3.68. The number of carboxylic acid groups (broad SMARTS) is 1. The van der Waals surface area contributed by atoms with Crippen molar-refractivity contribution in [2.24, 2.45) is 0 Å². The first kappa shape index (κ1) is 12.7. The number of carbonyl (C=O) groups is 2. The van der Waals surface area contributed by atoms with Crippen LogP contribution in [0.2, 0.25) is 0 Å². The molecule has 2 N–H and O–H groups in total. The first-order valence-electron chi connectivity index (χ1n) is 5.07. The van der Waals surface area contributed by atoms with Gasteiger partial charge in [0, 0.05) is 0 Å². The summed E-state index contributed by atoms with van der Waals surface area (Å²) < 4.78 is 3.73. The van der Waals surface area contributed by atoms with Crippen molar-refractivity contribution in [1.82, 2.24) is 9.59 Å². The Bertz CT molecular complexity index is 591. The molecule has 0 atom stereocenters. The zero-order valence-corrected chi connectivity index (χ0v) is 11.0. The molecule has 0 unspecified atom stereocenters. The number of aryl methyl sites for hydroxylation is 1. The lowest BCUT2D eigenvalue weighted by atomic mass is 10.3. The highest BCUT2D eigenvalue weighted by Crippen LogP contribution is 2.23. The third-order valence-corrected chi connectivity index (χ3v) is 3.91. The second kappa shape index (κ2) is 5.23. The maximum atomic E-state index is 11.9. The van der Waals surface area contributed by atoms with Crippen molar-refractivity contribution in [3.63, 3.8) is 0 Å². The molecule has 2 rings (SSSR count). The number of carboxylic acids is 1. The maximum Gasteiger partial charge on any atom is 0.345 e. The molecular weight excluding hydrogens is 274 g/mol. The fourth-order valence-electron chi connectivity index (χ4n) is 1.30. The molecule has 0 bridgehead atoms. The van der Waals surface area contributed by atoms with Crippen LogP contribution in [0.4, 0.5) is 5.00 Å². The summed E-state index contributed by atoms with van der Waals surface area (Å²) in [6, 6.07) is 3.01. The van der Waals surface area contributed by atoms with E-state index in [-0.39, 0.29) is 10.8 Å². The van der Waals surface area contributed by atoms with E-state index in [4.69, 9.17) is 5.11 Å². The van der Waals surface area contributed by atoms with Crippen molar-refractivity contribution < 1.29 is 14.7 Å². The highest BCUT2D eigenvalue weighted by Gasteiger charge is 2.16. The topological polar surface area (TPSA) is 92.2 Å². The van der Waals surface area contributed by atoms with E-state index in [9.17, 15) is 9.59 Å². The Hall–Kier alpha value is -1.80. The van der Waals surface area contributed by atoms with Crippen LogP contribution in [0.1, 0.15) is 32.0 Å². The van der Waals surface area contributed by atoms with E-state index < -0.39 is 5.97 Å². The van der Waals surface area contributed by atoms with E-state index in [1.165, 1.54) is 6.07 Å². The molecule has 18 heavy (non-hydrogen) atoms. The summed E-state index contributed by atoms with van der Waals surface area (Å²) in [6.07, 6.45) is 0.629. The number of aromatic carboxylic acids is 1. The number of rotatable bonds is 4. The van der Waals surface area contributed by atoms with Gasteiger partial charge in [-0.05, 0) is 30.1 Å². The van der Waals surface area contributed by atoms with Crippen LogP contribution in [-0.4, -0.2) is 26.6 Å². The number of nitrogens with one attached hydrogen (secondary N) is 1. The molecule has 0 aliphatic carbocycles. The average molecular weight is 283 g/mol. The Morgan fingerprint density at radius 1 is 1.44 bits per heavy atom. The molecule has 0 fully saturated rings. The third kappa shape index (κ3) is 2.54. The zero-order chi connectivity index (χ0) is 13.1. The fraction of sp³-hybridized carbons (Fsp3) is 0.200. The normalized spacial score (nSPS) is 10.3. The van der Waals surface area contributed by atoms with Gasteiger partial charge in [0.05, 0.1) is 10.7 Å². The zero-order valence-electron chi connectivity index (χ0n) is 9.34. The second-order valence-electron chi connectivity index (χ2n) is 3.33. The molecule has 2 aromatic rings. The largest absolute Gasteiger partial charge is 0.477 e. The number of anilines is 1. The van der Waals surface area contributed by atoms with Gasteiger partial charge in [0.2, 0.25) is 0 Å². The molecule has 8 heteroatoms. The molecule has 6 nitrogen and oxygen atoms in total. The van der Waals surface area contributed by atoms with Crippen LogP contribution in [0.5, 0.6) is 0 Å². The summed E-state index contributed by atoms with van der Waals surface area (Å²) in [5.41, 5.74) is 0.646. The molecule has 2 heterocycles. The lowest BCUT2D eigenvalue weighted by molar-refractivity contribution is 0.0702. The molecule has 1 amide bonds. The van der Waals surface area contributed by atoms with E-state index in [2.05, 4.69) is 14.9 Å². The quantitative estimate of drug-likeness (QED) is 0.896. The number of carbonyl (C=O) groups excluding carboxylic acids is 1. The molecule has 94 valence electrons. The fourth-order valence-corrected chi connectivity index (χ4v) is 2.69. The van der Waals surface area contributed by atoms with Crippen LogP contribution in [-0.2, 0) is 6.42 Å². The van der Waals surface area contributed by atoms with E-state index in [0.717, 1.165) is 22.9 Å². The predicted octanol–water partition coefficient (Wildman–Crippen LogP) is 2.11. The van der Waals surface area contributed by atoms with E-state index >= 15 is 0 Å². The Morgan fingerprint density at radius 2 is 2.22 bits per heavy atom. The lowest BCUT2D eigenvalue weighted by Gasteiger charge is -1.99. The first-order valence-corrected chi connectivity index (χ1v) is 6.66. The van der Waals surface area contributed by atoms with Gasteiger partial charge in [-0.2, -0.15) is 0 Å². The van der Waals surface area contributed by atoms with Gasteiger partial charge in [0.15, 0.2) is 0 Å². The number of nitrogens with zero attached hydrogens (tertiary/aromatic N) is 2. The van der Waals surface area contributed by atoms with Crippen LogP contribution in [0.15, 0.2) is 12.1 Å². The summed E-state index contributed by atoms with van der Waals surface area (Å²) in [6.45, 7) is 1.89. The van der Waals surface area contributed by atoms with Gasteiger partial charge < -0.3 is 10.4 Å². The first-order chi connectivity index (χ1) is 8.61. The molecule has 0 aliphatic heterocycles. The summed E-state index contributed by atoms with van der Waals surface area (Å²) in [5.74, 6) is -1.31. The Morgan fingerprint density at radius 3 is 2.83 bits per heavy atom. The van der Waals surface area contributed by atoms with E-state index in [1.54, 1.807) is 6.07 Å². The van der Waals surface area contributed by atoms with Gasteiger partial charge in [-0.15, -0.1) is 16.4 Å². The lowest BCUT2D eigenvalue weighted by Crippen LogP contribution is -2.11. The summed E-state index contributed by atoms with van der Waals surface area (Å²) in [7, 11) is 0. The molecule has 0 saturated carbocycles. The molecule has 0 spiro atoms. The minimum Gasteiger partial charge on any atom is -0.477 e. The van der Waals surface area contributed by atoms with Crippen LogP contribution in [0.3, 0.4) is 0 Å². The highest BCUT2D eigenvalue weighted by atomic mass is 32.1. The number of aromatic nitrogens is 2. The summed E-state index contributed by atoms with van der Waals surface area (Å²) in [4.78, 5) is 23.3. The van der Waals surface area contributed by atoms with E-state index in [0.29, 0.717) is 22.0 Å². The number of thiophene rings is 1. The van der Waals surface area contributed by atoms with Crippen LogP contribution < -0.4 is 5.32 Å². The standard InChI is InChI=1S/C10H9N3O3S2/c1-2-5-8(18-13-12-5)9(14)11-7-4-3-6(17-7)10(15)16/h3-4H,2H2,1H3,(H,11,14)(H,15,16). The Balaban J connectivity index is 2.13. The minimum atomic E-state index is -1.01. The second-order valence-corrected chi connectivity index (χ2v) is 5.16. The summed E-state index contributed by atoms with van der Waals surface area (Å²) >= 11 is 2.04. The molecule has 0 saturated heterocycles. The monoisotopic (exact) mass is 283 g/mol. The average Bonchev–Trinajstić information content (AvgIpc) is 2.96. The van der Waals surface area contributed by atoms with Crippen LogP contribution >= 0.6 is 22.9 Å². The van der Waals surface area contributed by atoms with E-state index in [1.807, 2.05) is 6.92 Å². The van der Waals surface area contributed by atoms with Gasteiger partial charge >= 0.3 is 5.97 Å². The van der Waals surface area contributed by atoms with Crippen molar-refractivity contribution >= 4 is 39.7 Å². The Labute approximate surface area is 110 Å². The van der Waals surface area contributed by atoms with Crippen LogP contribution in [0, 0.1) is 0 Å². The van der Waals surface area contributed by atoms with Crippen molar-refractivity contribution in [1.29, 1.82) is 0 Å². The van der Waals surface area contributed by atoms with Crippen molar-refractivity contribution in [3.8, 4) is 0 Å². The van der Waals surface area contributed by atoms with Gasteiger partial charge in [-0.1, -0.05) is 11.4 Å². The molecule has 0 aliphatic rings. The maximum absolute atomic E-state index is 11.9. The number of amides is 1. The van der Waals surface area contributed by atoms with Gasteiger partial charge in [0.1, 0.15) is 9.75 Å². The number of hydrogen-bond donors (Lipinski definition) is 2. The smallest absolute Gasteiger partial charge is 0.345 e. The SMILES string of the molecule is CCc1nnsc1C(=O)Nc1ccc(C(=O)O)s1. The predicted molar refractivity (Wildman–Crippen MR) is 68.5 cm³/mol. The van der Waals surface area contributed by atoms with Crippen LogP contribution in [0.25, 0.3) is 0 Å². The third-order valence-electron chi connectivity index (χ3n) is 2.15. The molecular formula is C10H9N3O3S2. The minimum absolute atomic E-state index is 0.184.